The molecule has 0 radical (unpaired) electrons. The van der Waals surface area contributed by atoms with E-state index in [0.717, 1.165) is 39.1 Å². The van der Waals surface area contributed by atoms with Gasteiger partial charge in [0.15, 0.2) is 0 Å². The summed E-state index contributed by atoms with van der Waals surface area (Å²) in [5, 5.41) is 0. The molecular formula is C21H27NO. The van der Waals surface area contributed by atoms with Gasteiger partial charge in [-0.25, -0.2) is 0 Å². The molecule has 2 aromatic rings. The van der Waals surface area contributed by atoms with Crippen LogP contribution >= 0.6 is 0 Å². The fourth-order valence-corrected chi connectivity index (χ4v) is 3.41. The van der Waals surface area contributed by atoms with Gasteiger partial charge in [0.1, 0.15) is 0 Å². The minimum Gasteiger partial charge on any atom is -0.377 e. The van der Waals surface area contributed by atoms with E-state index < -0.39 is 0 Å². The molecule has 0 amide bonds. The molecule has 0 N–H and O–H groups in total. The van der Waals surface area contributed by atoms with E-state index in [4.69, 9.17) is 4.74 Å². The smallest absolute Gasteiger partial charge is 0.0597 e. The van der Waals surface area contributed by atoms with E-state index in [1.54, 1.807) is 0 Å². The van der Waals surface area contributed by atoms with Crippen LogP contribution in [-0.4, -0.2) is 37.2 Å². The summed E-state index contributed by atoms with van der Waals surface area (Å²) in [6, 6.07) is 21.8. The Kier molecular flexibility index (Phi) is 5.84. The fraction of sp³-hybridized carbons (Fsp3) is 0.429. The zero-order valence-corrected chi connectivity index (χ0v) is 14.0. The second kappa shape index (κ2) is 8.28. The monoisotopic (exact) mass is 309 g/mol. The molecular weight excluding hydrogens is 282 g/mol. The summed E-state index contributed by atoms with van der Waals surface area (Å²) < 4.78 is 5.93. The molecule has 0 aliphatic carbocycles. The summed E-state index contributed by atoms with van der Waals surface area (Å²) in [6.45, 7) is 6.31. The van der Waals surface area contributed by atoms with Gasteiger partial charge in [0.2, 0.25) is 0 Å². The SMILES string of the molecule is CCC1CCN(CC(c2ccccc2)c2ccccc2)CCO1. The van der Waals surface area contributed by atoms with E-state index in [0.29, 0.717) is 12.0 Å². The minimum atomic E-state index is 0.426. The van der Waals surface area contributed by atoms with Crippen molar-refractivity contribution in [1.82, 2.24) is 4.90 Å². The van der Waals surface area contributed by atoms with Crippen LogP contribution in [0.5, 0.6) is 0 Å². The Labute approximate surface area is 140 Å². The first kappa shape index (κ1) is 16.2. The Morgan fingerprint density at radius 1 is 0.957 bits per heavy atom. The number of benzene rings is 2. The second-order valence-corrected chi connectivity index (χ2v) is 6.36. The molecule has 1 aliphatic heterocycles. The molecule has 1 heterocycles. The second-order valence-electron chi connectivity index (χ2n) is 6.36. The normalized spacial score (nSPS) is 19.7. The topological polar surface area (TPSA) is 12.5 Å². The highest BCUT2D eigenvalue weighted by molar-refractivity contribution is 5.32. The van der Waals surface area contributed by atoms with Gasteiger partial charge < -0.3 is 9.64 Å². The van der Waals surface area contributed by atoms with Crippen LogP contribution in [0.3, 0.4) is 0 Å². The maximum absolute atomic E-state index is 5.93. The Balaban J connectivity index is 1.77. The van der Waals surface area contributed by atoms with Gasteiger partial charge in [0.05, 0.1) is 12.7 Å². The van der Waals surface area contributed by atoms with Crippen LogP contribution in [0.2, 0.25) is 0 Å². The van der Waals surface area contributed by atoms with Gasteiger partial charge in [-0.1, -0.05) is 67.6 Å². The maximum atomic E-state index is 5.93. The number of ether oxygens (including phenoxy) is 1. The minimum absolute atomic E-state index is 0.426. The summed E-state index contributed by atoms with van der Waals surface area (Å²) in [4.78, 5) is 2.57. The van der Waals surface area contributed by atoms with E-state index in [1.807, 2.05) is 0 Å². The summed E-state index contributed by atoms with van der Waals surface area (Å²) >= 11 is 0. The lowest BCUT2D eigenvalue weighted by Gasteiger charge is -2.26. The van der Waals surface area contributed by atoms with E-state index in [1.165, 1.54) is 11.1 Å². The van der Waals surface area contributed by atoms with Crippen LogP contribution in [0.15, 0.2) is 60.7 Å². The highest BCUT2D eigenvalue weighted by Crippen LogP contribution is 2.26. The zero-order valence-electron chi connectivity index (χ0n) is 14.0. The average molecular weight is 309 g/mol. The largest absolute Gasteiger partial charge is 0.377 e. The van der Waals surface area contributed by atoms with Crippen LogP contribution in [0.4, 0.5) is 0 Å². The molecule has 2 heteroatoms. The first-order valence-electron chi connectivity index (χ1n) is 8.80. The van der Waals surface area contributed by atoms with Gasteiger partial charge in [0.25, 0.3) is 0 Å². The maximum Gasteiger partial charge on any atom is 0.0597 e. The number of hydrogen-bond donors (Lipinski definition) is 0. The lowest BCUT2D eigenvalue weighted by Crippen LogP contribution is -2.31. The Morgan fingerprint density at radius 3 is 2.13 bits per heavy atom. The number of hydrogen-bond acceptors (Lipinski definition) is 2. The quantitative estimate of drug-likeness (QED) is 0.815. The number of nitrogens with zero attached hydrogens (tertiary/aromatic N) is 1. The van der Waals surface area contributed by atoms with Gasteiger partial charge in [-0.05, 0) is 24.0 Å². The molecule has 0 aromatic heterocycles. The molecule has 0 saturated carbocycles. The lowest BCUT2D eigenvalue weighted by atomic mass is 9.90. The first-order chi connectivity index (χ1) is 11.4. The summed E-state index contributed by atoms with van der Waals surface area (Å²) in [7, 11) is 0. The lowest BCUT2D eigenvalue weighted by molar-refractivity contribution is 0.0597. The van der Waals surface area contributed by atoms with Crippen molar-refractivity contribution in [2.24, 2.45) is 0 Å². The summed E-state index contributed by atoms with van der Waals surface area (Å²) in [5.74, 6) is 0.426. The highest BCUT2D eigenvalue weighted by Gasteiger charge is 2.21. The molecule has 1 aliphatic rings. The molecule has 1 saturated heterocycles. The fourth-order valence-electron chi connectivity index (χ4n) is 3.41. The van der Waals surface area contributed by atoms with Crippen molar-refractivity contribution in [3.63, 3.8) is 0 Å². The van der Waals surface area contributed by atoms with Crippen molar-refractivity contribution in [2.75, 3.05) is 26.2 Å². The molecule has 1 unspecified atom stereocenters. The summed E-state index contributed by atoms with van der Waals surface area (Å²) in [6.07, 6.45) is 2.70. The van der Waals surface area contributed by atoms with E-state index in [9.17, 15) is 0 Å². The van der Waals surface area contributed by atoms with Gasteiger partial charge in [0, 0.05) is 25.6 Å². The molecule has 0 spiro atoms. The molecule has 1 atom stereocenters. The van der Waals surface area contributed by atoms with Gasteiger partial charge >= 0.3 is 0 Å². The Bertz CT molecular complexity index is 529. The van der Waals surface area contributed by atoms with E-state index in [-0.39, 0.29) is 0 Å². The van der Waals surface area contributed by atoms with E-state index in [2.05, 4.69) is 72.5 Å². The van der Waals surface area contributed by atoms with E-state index >= 15 is 0 Å². The molecule has 3 rings (SSSR count). The van der Waals surface area contributed by atoms with Crippen molar-refractivity contribution in [2.45, 2.75) is 31.8 Å². The molecule has 122 valence electrons. The molecule has 23 heavy (non-hydrogen) atoms. The molecule has 0 bridgehead atoms. The van der Waals surface area contributed by atoms with Gasteiger partial charge in [-0.3, -0.25) is 0 Å². The van der Waals surface area contributed by atoms with Crippen LogP contribution in [0.25, 0.3) is 0 Å². The zero-order chi connectivity index (χ0) is 15.9. The molecule has 2 nitrogen and oxygen atoms in total. The van der Waals surface area contributed by atoms with Crippen LogP contribution in [0, 0.1) is 0 Å². The predicted octanol–water partition coefficient (Wildman–Crippen LogP) is 4.32. The van der Waals surface area contributed by atoms with Gasteiger partial charge in [-0.2, -0.15) is 0 Å². The summed E-state index contributed by atoms with van der Waals surface area (Å²) in [5.41, 5.74) is 2.80. The average Bonchev–Trinajstić information content (AvgIpc) is 2.86. The standard InChI is InChI=1S/C21H27NO/c1-2-20-13-14-22(15-16-23-20)17-21(18-9-5-3-6-10-18)19-11-7-4-8-12-19/h3-12,20-21H,2,13-17H2,1H3. The van der Waals surface area contributed by atoms with Crippen molar-refractivity contribution >= 4 is 0 Å². The van der Waals surface area contributed by atoms with Gasteiger partial charge in [-0.15, -0.1) is 0 Å². The van der Waals surface area contributed by atoms with Crippen molar-refractivity contribution in [3.8, 4) is 0 Å². The molecule has 1 fully saturated rings. The number of rotatable bonds is 5. The van der Waals surface area contributed by atoms with Crippen molar-refractivity contribution in [1.29, 1.82) is 0 Å². The van der Waals surface area contributed by atoms with Crippen molar-refractivity contribution in [3.05, 3.63) is 71.8 Å². The third-order valence-corrected chi connectivity index (χ3v) is 4.83. The predicted molar refractivity (Wildman–Crippen MR) is 95.8 cm³/mol. The third-order valence-electron chi connectivity index (χ3n) is 4.83. The third kappa shape index (κ3) is 4.43. The highest BCUT2D eigenvalue weighted by atomic mass is 16.5. The molecule has 2 aromatic carbocycles. The first-order valence-corrected chi connectivity index (χ1v) is 8.80. The van der Waals surface area contributed by atoms with Crippen LogP contribution in [-0.2, 0) is 4.74 Å². The Hall–Kier alpha value is -1.64. The van der Waals surface area contributed by atoms with Crippen LogP contribution in [0.1, 0.15) is 36.8 Å². The van der Waals surface area contributed by atoms with Crippen molar-refractivity contribution < 1.29 is 4.74 Å². The van der Waals surface area contributed by atoms with Crippen LogP contribution < -0.4 is 0 Å². The Morgan fingerprint density at radius 2 is 1.57 bits per heavy atom.